The van der Waals surface area contributed by atoms with E-state index >= 15 is 0 Å². The van der Waals surface area contributed by atoms with Gasteiger partial charge in [-0.25, -0.2) is 9.78 Å². The van der Waals surface area contributed by atoms with Gasteiger partial charge in [-0.1, -0.05) is 11.3 Å². The molecule has 0 unspecified atom stereocenters. The van der Waals surface area contributed by atoms with Crippen molar-refractivity contribution in [3.05, 3.63) is 23.5 Å². The van der Waals surface area contributed by atoms with Crippen LogP contribution in [-0.2, 0) is 6.54 Å². The van der Waals surface area contributed by atoms with Crippen molar-refractivity contribution in [1.82, 2.24) is 14.8 Å². The van der Waals surface area contributed by atoms with Crippen LogP contribution in [0.25, 0.3) is 0 Å². The number of thiazole rings is 1. The number of carboxylic acid groups (broad SMARTS) is 1. The second-order valence-electron chi connectivity index (χ2n) is 3.04. The number of nitrogens with one attached hydrogen (secondary N) is 1. The number of aromatic carboxylic acids is 1. The molecule has 0 fully saturated rings. The van der Waals surface area contributed by atoms with E-state index in [9.17, 15) is 4.79 Å². The van der Waals surface area contributed by atoms with Crippen molar-refractivity contribution in [1.29, 1.82) is 0 Å². The Kier molecular flexibility index (Phi) is 2.86. The van der Waals surface area contributed by atoms with Gasteiger partial charge in [-0.3, -0.25) is 4.68 Å². The lowest BCUT2D eigenvalue weighted by Crippen LogP contribution is -1.92. The van der Waals surface area contributed by atoms with Gasteiger partial charge in [0.05, 0.1) is 18.1 Å². The molecule has 0 saturated carbocycles. The molecule has 2 N–H and O–H groups in total. The number of carbonyl (C=O) groups is 1. The predicted octanol–water partition coefficient (Wildman–Crippen LogP) is 1.80. The molecule has 7 heteroatoms. The quantitative estimate of drug-likeness (QED) is 0.849. The number of hydrogen-bond donors (Lipinski definition) is 2. The minimum absolute atomic E-state index is 0.213. The number of anilines is 2. The number of carboxylic acids is 1. The van der Waals surface area contributed by atoms with E-state index in [1.807, 2.05) is 13.1 Å². The Bertz CT molecular complexity index is 505. The fourth-order valence-corrected chi connectivity index (χ4v) is 1.83. The molecule has 0 aliphatic rings. The number of rotatable bonds is 4. The molecule has 0 aliphatic carbocycles. The van der Waals surface area contributed by atoms with Crippen LogP contribution in [0.1, 0.15) is 16.6 Å². The highest BCUT2D eigenvalue weighted by Crippen LogP contribution is 2.21. The zero-order valence-corrected chi connectivity index (χ0v) is 9.36. The zero-order chi connectivity index (χ0) is 11.5. The molecule has 84 valence electrons. The topological polar surface area (TPSA) is 80.0 Å². The van der Waals surface area contributed by atoms with Crippen LogP contribution >= 0.6 is 11.3 Å². The molecule has 0 amide bonds. The van der Waals surface area contributed by atoms with Crippen molar-refractivity contribution < 1.29 is 9.90 Å². The Hall–Kier alpha value is -1.89. The van der Waals surface area contributed by atoms with Crippen LogP contribution in [0.5, 0.6) is 0 Å². The van der Waals surface area contributed by atoms with E-state index in [-0.39, 0.29) is 4.88 Å². The van der Waals surface area contributed by atoms with Gasteiger partial charge >= 0.3 is 5.97 Å². The molecule has 2 aromatic rings. The first-order valence-electron chi connectivity index (χ1n) is 4.67. The summed E-state index contributed by atoms with van der Waals surface area (Å²) in [6.07, 6.45) is 4.84. The van der Waals surface area contributed by atoms with Crippen LogP contribution < -0.4 is 5.32 Å². The highest BCUT2D eigenvalue weighted by molar-refractivity contribution is 7.17. The van der Waals surface area contributed by atoms with Gasteiger partial charge in [0.25, 0.3) is 0 Å². The van der Waals surface area contributed by atoms with Crippen molar-refractivity contribution in [2.75, 3.05) is 5.32 Å². The van der Waals surface area contributed by atoms with Crippen molar-refractivity contribution in [3.63, 3.8) is 0 Å². The van der Waals surface area contributed by atoms with Crippen molar-refractivity contribution in [3.8, 4) is 0 Å². The Morgan fingerprint density at radius 1 is 1.62 bits per heavy atom. The van der Waals surface area contributed by atoms with Crippen LogP contribution in [-0.4, -0.2) is 25.8 Å². The Balaban J connectivity index is 2.11. The minimum Gasteiger partial charge on any atom is -0.477 e. The summed E-state index contributed by atoms with van der Waals surface area (Å²) in [4.78, 5) is 14.8. The lowest BCUT2D eigenvalue weighted by atomic mass is 10.6. The highest BCUT2D eigenvalue weighted by atomic mass is 32.1. The molecule has 0 atom stereocenters. The lowest BCUT2D eigenvalue weighted by molar-refractivity contribution is 0.0702. The third kappa shape index (κ3) is 2.19. The first kappa shape index (κ1) is 10.6. The molecule has 16 heavy (non-hydrogen) atoms. The van der Waals surface area contributed by atoms with E-state index in [4.69, 9.17) is 5.11 Å². The van der Waals surface area contributed by atoms with Crippen LogP contribution in [0.3, 0.4) is 0 Å². The van der Waals surface area contributed by atoms with Crippen LogP contribution in [0.4, 0.5) is 10.8 Å². The largest absolute Gasteiger partial charge is 0.477 e. The van der Waals surface area contributed by atoms with Gasteiger partial charge in [0.2, 0.25) is 0 Å². The Labute approximate surface area is 95.6 Å². The Morgan fingerprint density at radius 2 is 2.44 bits per heavy atom. The lowest BCUT2D eigenvalue weighted by Gasteiger charge is -1.96. The Morgan fingerprint density at radius 3 is 3.00 bits per heavy atom. The average molecular weight is 238 g/mol. The molecule has 0 bridgehead atoms. The second-order valence-corrected chi connectivity index (χ2v) is 4.08. The summed E-state index contributed by atoms with van der Waals surface area (Å²) in [5.74, 6) is -0.963. The smallest absolute Gasteiger partial charge is 0.347 e. The van der Waals surface area contributed by atoms with Crippen molar-refractivity contribution in [2.24, 2.45) is 0 Å². The summed E-state index contributed by atoms with van der Waals surface area (Å²) in [5, 5.41) is 16.4. The monoisotopic (exact) mass is 238 g/mol. The van der Waals surface area contributed by atoms with Crippen molar-refractivity contribution in [2.45, 2.75) is 13.5 Å². The van der Waals surface area contributed by atoms with Gasteiger partial charge in [0, 0.05) is 12.7 Å². The van der Waals surface area contributed by atoms with Crippen LogP contribution in [0, 0.1) is 0 Å². The van der Waals surface area contributed by atoms with E-state index in [0.717, 1.165) is 23.6 Å². The normalized spacial score (nSPS) is 10.3. The molecule has 0 radical (unpaired) electrons. The van der Waals surface area contributed by atoms with E-state index in [0.29, 0.717) is 5.13 Å². The molecular weight excluding hydrogens is 228 g/mol. The summed E-state index contributed by atoms with van der Waals surface area (Å²) < 4.78 is 1.77. The molecule has 2 heterocycles. The molecule has 2 rings (SSSR count). The second kappa shape index (κ2) is 4.31. The molecule has 0 saturated heterocycles. The van der Waals surface area contributed by atoms with Gasteiger partial charge in [-0.2, -0.15) is 5.10 Å². The number of aromatic nitrogens is 3. The highest BCUT2D eigenvalue weighted by Gasteiger charge is 2.08. The first-order chi connectivity index (χ1) is 7.69. The maximum absolute atomic E-state index is 10.6. The van der Waals surface area contributed by atoms with E-state index in [1.165, 1.54) is 6.20 Å². The minimum atomic E-state index is -0.963. The SMILES string of the molecule is CCn1cc(Nc2ncc(C(=O)O)s2)cn1. The maximum atomic E-state index is 10.6. The van der Waals surface area contributed by atoms with E-state index in [1.54, 1.807) is 10.9 Å². The van der Waals surface area contributed by atoms with Crippen LogP contribution in [0.2, 0.25) is 0 Å². The molecule has 0 aromatic carbocycles. The van der Waals surface area contributed by atoms with Crippen molar-refractivity contribution >= 4 is 28.1 Å². The molecule has 6 nitrogen and oxygen atoms in total. The third-order valence-electron chi connectivity index (χ3n) is 1.92. The fourth-order valence-electron chi connectivity index (χ4n) is 1.16. The van der Waals surface area contributed by atoms with Gasteiger partial charge in [0.1, 0.15) is 4.88 Å². The number of aryl methyl sites for hydroxylation is 1. The maximum Gasteiger partial charge on any atom is 0.347 e. The fraction of sp³-hybridized carbons (Fsp3) is 0.222. The number of hydrogen-bond acceptors (Lipinski definition) is 5. The molecule has 0 spiro atoms. The summed E-state index contributed by atoms with van der Waals surface area (Å²) in [6.45, 7) is 2.78. The molecule has 2 aromatic heterocycles. The first-order valence-corrected chi connectivity index (χ1v) is 5.49. The summed E-state index contributed by atoms with van der Waals surface area (Å²) >= 11 is 1.09. The molecule has 0 aliphatic heterocycles. The summed E-state index contributed by atoms with van der Waals surface area (Å²) in [7, 11) is 0. The third-order valence-corrected chi connectivity index (χ3v) is 2.83. The van der Waals surface area contributed by atoms with Crippen LogP contribution in [0.15, 0.2) is 18.6 Å². The van der Waals surface area contributed by atoms with Gasteiger partial charge in [-0.15, -0.1) is 0 Å². The standard InChI is InChI=1S/C9H10N4O2S/c1-2-13-5-6(3-11-13)12-9-10-4-7(16-9)8(14)15/h3-5H,2H2,1H3,(H,10,12)(H,14,15). The van der Waals surface area contributed by atoms with Gasteiger partial charge < -0.3 is 10.4 Å². The zero-order valence-electron chi connectivity index (χ0n) is 8.54. The summed E-state index contributed by atoms with van der Waals surface area (Å²) in [6, 6.07) is 0. The molecular formula is C9H10N4O2S. The predicted molar refractivity (Wildman–Crippen MR) is 60.3 cm³/mol. The average Bonchev–Trinajstić information content (AvgIpc) is 2.87. The summed E-state index contributed by atoms with van der Waals surface area (Å²) in [5.41, 5.74) is 0.799. The number of nitrogens with zero attached hydrogens (tertiary/aromatic N) is 3. The van der Waals surface area contributed by atoms with Gasteiger partial charge in [0.15, 0.2) is 5.13 Å². The van der Waals surface area contributed by atoms with E-state index in [2.05, 4.69) is 15.4 Å². The van der Waals surface area contributed by atoms with E-state index < -0.39 is 5.97 Å². The van der Waals surface area contributed by atoms with Gasteiger partial charge in [-0.05, 0) is 6.92 Å².